The predicted molar refractivity (Wildman–Crippen MR) is 78.3 cm³/mol. The zero-order valence-electron chi connectivity index (χ0n) is 11.2. The van der Waals surface area contributed by atoms with Crippen molar-refractivity contribution in [2.75, 3.05) is 11.9 Å². The maximum Gasteiger partial charge on any atom is 0.255 e. The van der Waals surface area contributed by atoms with E-state index in [9.17, 15) is 4.79 Å². The highest BCUT2D eigenvalue weighted by Gasteiger charge is 2.13. The van der Waals surface area contributed by atoms with E-state index in [1.54, 1.807) is 30.3 Å². The quantitative estimate of drug-likeness (QED) is 0.859. The third-order valence-electron chi connectivity index (χ3n) is 2.50. The molecule has 0 aliphatic rings. The van der Waals surface area contributed by atoms with E-state index in [2.05, 4.69) is 41.6 Å². The number of rotatable bonds is 5. The SMILES string of the molecule is CCNc1ncc(Br)cc1C(=O)NCc1ncn(C)n1. The van der Waals surface area contributed by atoms with E-state index >= 15 is 0 Å². The Morgan fingerprint density at radius 2 is 2.25 bits per heavy atom. The van der Waals surface area contributed by atoms with Gasteiger partial charge >= 0.3 is 0 Å². The molecule has 106 valence electrons. The monoisotopic (exact) mass is 338 g/mol. The maximum atomic E-state index is 12.2. The summed E-state index contributed by atoms with van der Waals surface area (Å²) in [4.78, 5) is 20.4. The van der Waals surface area contributed by atoms with Gasteiger partial charge in [0.25, 0.3) is 5.91 Å². The summed E-state index contributed by atoms with van der Waals surface area (Å²) in [6.07, 6.45) is 3.24. The summed E-state index contributed by atoms with van der Waals surface area (Å²) in [5.74, 6) is 0.901. The molecular formula is C12H15BrN6O. The minimum absolute atomic E-state index is 0.220. The number of aromatic nitrogens is 4. The summed E-state index contributed by atoms with van der Waals surface area (Å²) >= 11 is 3.32. The lowest BCUT2D eigenvalue weighted by Gasteiger charge is -2.09. The normalized spacial score (nSPS) is 10.3. The lowest BCUT2D eigenvalue weighted by Crippen LogP contribution is -2.25. The number of hydrogen-bond donors (Lipinski definition) is 2. The molecule has 1 amide bonds. The van der Waals surface area contributed by atoms with Gasteiger partial charge in [-0.05, 0) is 28.9 Å². The minimum atomic E-state index is -0.220. The summed E-state index contributed by atoms with van der Waals surface area (Å²) in [7, 11) is 1.78. The van der Waals surface area contributed by atoms with Crippen molar-refractivity contribution in [2.45, 2.75) is 13.5 Å². The van der Waals surface area contributed by atoms with Gasteiger partial charge in [-0.2, -0.15) is 5.10 Å². The third kappa shape index (κ3) is 3.53. The summed E-state index contributed by atoms with van der Waals surface area (Å²) in [5.41, 5.74) is 0.483. The van der Waals surface area contributed by atoms with Gasteiger partial charge in [0.2, 0.25) is 0 Å². The molecule has 2 aromatic rings. The Balaban J connectivity index is 2.09. The standard InChI is InChI=1S/C12H15BrN6O/c1-3-14-11-9(4-8(13)5-15-11)12(20)16-6-10-17-7-19(2)18-10/h4-5,7H,3,6H2,1-2H3,(H,14,15)(H,16,20). The van der Waals surface area contributed by atoms with Gasteiger partial charge in [-0.25, -0.2) is 9.97 Å². The molecule has 2 N–H and O–H groups in total. The molecule has 0 saturated heterocycles. The average molecular weight is 339 g/mol. The Hall–Kier alpha value is -1.96. The van der Waals surface area contributed by atoms with Crippen molar-refractivity contribution in [2.24, 2.45) is 7.05 Å². The first kappa shape index (κ1) is 14.4. The fourth-order valence-corrected chi connectivity index (χ4v) is 1.97. The first-order valence-corrected chi connectivity index (χ1v) is 6.91. The van der Waals surface area contributed by atoms with Gasteiger partial charge in [0, 0.05) is 24.3 Å². The van der Waals surface area contributed by atoms with Gasteiger partial charge in [-0.3, -0.25) is 9.48 Å². The second kappa shape index (κ2) is 6.47. The van der Waals surface area contributed by atoms with E-state index in [-0.39, 0.29) is 12.5 Å². The van der Waals surface area contributed by atoms with Gasteiger partial charge < -0.3 is 10.6 Å². The number of nitrogens with zero attached hydrogens (tertiary/aromatic N) is 4. The number of hydrogen-bond acceptors (Lipinski definition) is 5. The molecule has 0 aliphatic heterocycles. The van der Waals surface area contributed by atoms with Crippen LogP contribution in [0.4, 0.5) is 5.82 Å². The molecule has 2 heterocycles. The Morgan fingerprint density at radius 1 is 1.45 bits per heavy atom. The highest BCUT2D eigenvalue weighted by atomic mass is 79.9. The molecule has 0 aliphatic carbocycles. The van der Waals surface area contributed by atoms with Crippen LogP contribution < -0.4 is 10.6 Å². The smallest absolute Gasteiger partial charge is 0.255 e. The summed E-state index contributed by atoms with van der Waals surface area (Å²) < 4.78 is 2.34. The van der Waals surface area contributed by atoms with Crippen LogP contribution in [0.15, 0.2) is 23.1 Å². The molecule has 0 radical (unpaired) electrons. The molecule has 0 unspecified atom stereocenters. The molecule has 0 spiro atoms. The minimum Gasteiger partial charge on any atom is -0.370 e. The predicted octanol–water partition coefficient (Wildman–Crippen LogP) is 1.33. The number of carbonyl (C=O) groups is 1. The summed E-state index contributed by atoms with van der Waals surface area (Å²) in [6, 6.07) is 1.73. The second-order valence-electron chi connectivity index (χ2n) is 4.10. The van der Waals surface area contributed by atoms with Crippen LogP contribution in [0.3, 0.4) is 0 Å². The lowest BCUT2D eigenvalue weighted by molar-refractivity contribution is 0.0950. The summed E-state index contributed by atoms with van der Waals surface area (Å²) in [5, 5.41) is 9.94. The van der Waals surface area contributed by atoms with Crippen LogP contribution in [0.25, 0.3) is 0 Å². The van der Waals surface area contributed by atoms with Gasteiger partial charge in [-0.15, -0.1) is 0 Å². The maximum absolute atomic E-state index is 12.2. The highest BCUT2D eigenvalue weighted by molar-refractivity contribution is 9.10. The zero-order valence-corrected chi connectivity index (χ0v) is 12.8. The molecular weight excluding hydrogens is 324 g/mol. The molecule has 0 fully saturated rings. The third-order valence-corrected chi connectivity index (χ3v) is 2.93. The van der Waals surface area contributed by atoms with Crippen molar-refractivity contribution in [3.63, 3.8) is 0 Å². The van der Waals surface area contributed by atoms with Gasteiger partial charge in [0.15, 0.2) is 5.82 Å². The van der Waals surface area contributed by atoms with Crippen LogP contribution in [0.5, 0.6) is 0 Å². The van der Waals surface area contributed by atoms with Crippen molar-refractivity contribution >= 4 is 27.7 Å². The van der Waals surface area contributed by atoms with E-state index in [1.165, 1.54) is 0 Å². The van der Waals surface area contributed by atoms with E-state index in [4.69, 9.17) is 0 Å². The molecule has 8 heteroatoms. The fraction of sp³-hybridized carbons (Fsp3) is 0.333. The van der Waals surface area contributed by atoms with Crippen LogP contribution in [-0.2, 0) is 13.6 Å². The van der Waals surface area contributed by atoms with Crippen molar-refractivity contribution in [1.82, 2.24) is 25.1 Å². The largest absolute Gasteiger partial charge is 0.370 e. The first-order chi connectivity index (χ1) is 9.60. The summed E-state index contributed by atoms with van der Waals surface area (Å²) in [6.45, 7) is 2.91. The van der Waals surface area contributed by atoms with Crippen molar-refractivity contribution in [1.29, 1.82) is 0 Å². The number of pyridine rings is 1. The van der Waals surface area contributed by atoms with E-state index in [0.717, 1.165) is 4.47 Å². The van der Waals surface area contributed by atoms with Crippen LogP contribution >= 0.6 is 15.9 Å². The van der Waals surface area contributed by atoms with Crippen LogP contribution in [0.2, 0.25) is 0 Å². The van der Waals surface area contributed by atoms with Crippen molar-refractivity contribution in [3.8, 4) is 0 Å². The van der Waals surface area contributed by atoms with E-state index in [1.807, 2.05) is 6.92 Å². The molecule has 0 aromatic carbocycles. The lowest BCUT2D eigenvalue weighted by atomic mass is 10.2. The topological polar surface area (TPSA) is 84.7 Å². The molecule has 20 heavy (non-hydrogen) atoms. The van der Waals surface area contributed by atoms with Crippen molar-refractivity contribution < 1.29 is 4.79 Å². The van der Waals surface area contributed by atoms with Crippen molar-refractivity contribution in [3.05, 3.63) is 34.5 Å². The van der Waals surface area contributed by atoms with Gasteiger partial charge in [-0.1, -0.05) is 0 Å². The number of amides is 1. The fourth-order valence-electron chi connectivity index (χ4n) is 1.64. The first-order valence-electron chi connectivity index (χ1n) is 6.12. The Labute approximate surface area is 124 Å². The number of halogens is 1. The number of anilines is 1. The number of carbonyl (C=O) groups excluding carboxylic acids is 1. The Morgan fingerprint density at radius 3 is 2.90 bits per heavy atom. The van der Waals surface area contributed by atoms with E-state index in [0.29, 0.717) is 23.8 Å². The highest BCUT2D eigenvalue weighted by Crippen LogP contribution is 2.17. The van der Waals surface area contributed by atoms with Crippen LogP contribution in [0.1, 0.15) is 23.1 Å². The molecule has 0 bridgehead atoms. The Kier molecular flexibility index (Phi) is 4.67. The molecule has 0 atom stereocenters. The van der Waals surface area contributed by atoms with Crippen LogP contribution in [-0.4, -0.2) is 32.2 Å². The zero-order chi connectivity index (χ0) is 14.5. The Bertz CT molecular complexity index is 612. The number of nitrogens with one attached hydrogen (secondary N) is 2. The number of aryl methyl sites for hydroxylation is 1. The van der Waals surface area contributed by atoms with Gasteiger partial charge in [0.05, 0.1) is 12.1 Å². The van der Waals surface area contributed by atoms with Gasteiger partial charge in [0.1, 0.15) is 12.1 Å². The molecule has 0 saturated carbocycles. The second-order valence-corrected chi connectivity index (χ2v) is 5.01. The molecule has 2 aromatic heterocycles. The van der Waals surface area contributed by atoms with Crippen LogP contribution in [0, 0.1) is 0 Å². The molecule has 7 nitrogen and oxygen atoms in total. The average Bonchev–Trinajstić information content (AvgIpc) is 2.84. The molecule has 2 rings (SSSR count). The van der Waals surface area contributed by atoms with E-state index < -0.39 is 0 Å².